The van der Waals surface area contributed by atoms with Crippen molar-refractivity contribution in [1.82, 2.24) is 0 Å². The molecule has 0 bridgehead atoms. The van der Waals surface area contributed by atoms with Crippen molar-refractivity contribution in [3.8, 4) is 11.5 Å². The van der Waals surface area contributed by atoms with Crippen LogP contribution in [0.25, 0.3) is 0 Å². The number of rotatable bonds is 1. The zero-order chi connectivity index (χ0) is 11.1. The van der Waals surface area contributed by atoms with Gasteiger partial charge in [0.15, 0.2) is 11.5 Å². The highest BCUT2D eigenvalue weighted by Gasteiger charge is 2.37. The van der Waals surface area contributed by atoms with Crippen molar-refractivity contribution in [3.63, 3.8) is 0 Å². The van der Waals surface area contributed by atoms with Crippen molar-refractivity contribution in [2.24, 2.45) is 0 Å². The van der Waals surface area contributed by atoms with Crippen molar-refractivity contribution >= 4 is 0 Å². The maximum Gasteiger partial charge on any atom is 0.165 e. The number of aryl methyl sites for hydroxylation is 1. The summed E-state index contributed by atoms with van der Waals surface area (Å²) < 4.78 is 11.5. The second-order valence-electron chi connectivity index (χ2n) is 4.93. The predicted molar refractivity (Wildman–Crippen MR) is 63.4 cm³/mol. The van der Waals surface area contributed by atoms with Gasteiger partial charge in [0.25, 0.3) is 0 Å². The Hall–Kier alpha value is -1.18. The van der Waals surface area contributed by atoms with Gasteiger partial charge >= 0.3 is 0 Å². The van der Waals surface area contributed by atoms with Crippen molar-refractivity contribution in [2.45, 2.75) is 44.6 Å². The van der Waals surface area contributed by atoms with Gasteiger partial charge in [-0.1, -0.05) is 12.5 Å². The summed E-state index contributed by atoms with van der Waals surface area (Å²) in [6, 6.07) is 4.34. The SMILES string of the molecule is COc1cc(C)cc2c1O[C@@H]1CCCC[C@H]21. The van der Waals surface area contributed by atoms with Crippen LogP contribution in [0.15, 0.2) is 12.1 Å². The van der Waals surface area contributed by atoms with Gasteiger partial charge in [0.2, 0.25) is 0 Å². The fourth-order valence-electron chi connectivity index (χ4n) is 3.07. The Balaban J connectivity index is 2.07. The van der Waals surface area contributed by atoms with Gasteiger partial charge in [-0.3, -0.25) is 0 Å². The highest BCUT2D eigenvalue weighted by Crippen LogP contribution is 2.49. The molecule has 2 nitrogen and oxygen atoms in total. The Morgan fingerprint density at radius 1 is 1.25 bits per heavy atom. The maximum atomic E-state index is 6.06. The van der Waals surface area contributed by atoms with E-state index in [0.29, 0.717) is 12.0 Å². The molecule has 0 saturated heterocycles. The third kappa shape index (κ3) is 1.40. The van der Waals surface area contributed by atoms with E-state index >= 15 is 0 Å². The van der Waals surface area contributed by atoms with Gasteiger partial charge in [-0.25, -0.2) is 0 Å². The Morgan fingerprint density at radius 3 is 2.88 bits per heavy atom. The zero-order valence-electron chi connectivity index (χ0n) is 9.95. The highest BCUT2D eigenvalue weighted by molar-refractivity contribution is 5.53. The van der Waals surface area contributed by atoms with Crippen LogP contribution in [-0.2, 0) is 0 Å². The molecule has 86 valence electrons. The molecule has 2 aliphatic rings. The molecule has 16 heavy (non-hydrogen) atoms. The lowest BCUT2D eigenvalue weighted by molar-refractivity contribution is 0.160. The molecule has 2 heteroatoms. The Morgan fingerprint density at radius 2 is 2.06 bits per heavy atom. The number of benzene rings is 1. The highest BCUT2D eigenvalue weighted by atomic mass is 16.5. The fraction of sp³-hybridized carbons (Fsp3) is 0.571. The standard InChI is InChI=1S/C14H18O2/c1-9-7-11-10-5-3-4-6-12(10)16-14(11)13(8-9)15-2/h7-8,10,12H,3-6H2,1-2H3/t10-,12-/m1/s1. The lowest BCUT2D eigenvalue weighted by atomic mass is 9.83. The molecular weight excluding hydrogens is 200 g/mol. The van der Waals surface area contributed by atoms with E-state index < -0.39 is 0 Å². The smallest absolute Gasteiger partial charge is 0.165 e. The van der Waals surface area contributed by atoms with Gasteiger partial charge < -0.3 is 9.47 Å². The second-order valence-corrected chi connectivity index (χ2v) is 4.93. The summed E-state index contributed by atoms with van der Waals surface area (Å²) in [7, 11) is 1.72. The van der Waals surface area contributed by atoms with Gasteiger partial charge in [-0.15, -0.1) is 0 Å². The molecule has 1 aliphatic carbocycles. The van der Waals surface area contributed by atoms with E-state index in [9.17, 15) is 0 Å². The van der Waals surface area contributed by atoms with E-state index in [2.05, 4.69) is 19.1 Å². The summed E-state index contributed by atoms with van der Waals surface area (Å²) in [4.78, 5) is 0. The fourth-order valence-corrected chi connectivity index (χ4v) is 3.07. The minimum absolute atomic E-state index is 0.402. The van der Waals surface area contributed by atoms with Crippen LogP contribution in [0.5, 0.6) is 11.5 Å². The molecule has 0 radical (unpaired) electrons. The first-order chi connectivity index (χ1) is 7.79. The van der Waals surface area contributed by atoms with Crippen molar-refractivity contribution in [2.75, 3.05) is 7.11 Å². The number of fused-ring (bicyclic) bond motifs is 3. The van der Waals surface area contributed by atoms with Crippen LogP contribution in [0.1, 0.15) is 42.7 Å². The van der Waals surface area contributed by atoms with Gasteiger partial charge in [0.1, 0.15) is 6.10 Å². The predicted octanol–water partition coefficient (Wildman–Crippen LogP) is 3.42. The zero-order valence-corrected chi connectivity index (χ0v) is 9.95. The average molecular weight is 218 g/mol. The van der Waals surface area contributed by atoms with E-state index in [0.717, 1.165) is 11.5 Å². The lowest BCUT2D eigenvalue weighted by Gasteiger charge is -2.23. The van der Waals surface area contributed by atoms with E-state index in [1.807, 2.05) is 0 Å². The molecule has 1 aromatic carbocycles. The molecule has 1 heterocycles. The Bertz CT molecular complexity index is 411. The summed E-state index contributed by atoms with van der Waals surface area (Å²) in [6.45, 7) is 2.12. The molecule has 0 aromatic heterocycles. The molecule has 3 rings (SSSR count). The van der Waals surface area contributed by atoms with E-state index in [1.54, 1.807) is 7.11 Å². The van der Waals surface area contributed by atoms with Crippen LogP contribution >= 0.6 is 0 Å². The third-order valence-corrected chi connectivity index (χ3v) is 3.82. The third-order valence-electron chi connectivity index (χ3n) is 3.82. The number of ether oxygens (including phenoxy) is 2. The van der Waals surface area contributed by atoms with E-state index in [4.69, 9.17) is 9.47 Å². The van der Waals surface area contributed by atoms with E-state index in [-0.39, 0.29) is 0 Å². The summed E-state index contributed by atoms with van der Waals surface area (Å²) in [5.41, 5.74) is 2.65. The van der Waals surface area contributed by atoms with Crippen LogP contribution in [0, 0.1) is 6.92 Å². The summed E-state index contributed by atoms with van der Waals surface area (Å²) in [5, 5.41) is 0. The molecule has 1 fully saturated rings. The summed E-state index contributed by atoms with van der Waals surface area (Å²) in [6.07, 6.45) is 5.50. The molecule has 2 atom stereocenters. The number of hydrogen-bond acceptors (Lipinski definition) is 2. The second kappa shape index (κ2) is 3.69. The first-order valence-corrected chi connectivity index (χ1v) is 6.15. The van der Waals surface area contributed by atoms with Gasteiger partial charge in [-0.2, -0.15) is 0 Å². The maximum absolute atomic E-state index is 6.06. The van der Waals surface area contributed by atoms with Crippen molar-refractivity contribution in [3.05, 3.63) is 23.3 Å². The molecule has 0 N–H and O–H groups in total. The lowest BCUT2D eigenvalue weighted by Crippen LogP contribution is -2.22. The quantitative estimate of drug-likeness (QED) is 0.719. The van der Waals surface area contributed by atoms with E-state index in [1.165, 1.54) is 36.8 Å². The summed E-state index contributed by atoms with van der Waals surface area (Å²) >= 11 is 0. The molecule has 1 aliphatic heterocycles. The van der Waals surface area contributed by atoms with Crippen molar-refractivity contribution < 1.29 is 9.47 Å². The van der Waals surface area contributed by atoms with Crippen LogP contribution in [0.2, 0.25) is 0 Å². The molecule has 1 saturated carbocycles. The molecule has 1 aromatic rings. The average Bonchev–Trinajstić information content (AvgIpc) is 2.67. The van der Waals surface area contributed by atoms with Crippen molar-refractivity contribution in [1.29, 1.82) is 0 Å². The number of hydrogen-bond donors (Lipinski definition) is 0. The van der Waals surface area contributed by atoms with Gasteiger partial charge in [0, 0.05) is 11.5 Å². The Labute approximate surface area is 96.6 Å². The monoisotopic (exact) mass is 218 g/mol. The number of methoxy groups -OCH3 is 1. The molecule has 0 amide bonds. The van der Waals surface area contributed by atoms with Crippen LogP contribution in [0.3, 0.4) is 0 Å². The molecule has 0 spiro atoms. The van der Waals surface area contributed by atoms with Crippen LogP contribution in [-0.4, -0.2) is 13.2 Å². The minimum atomic E-state index is 0.402. The van der Waals surface area contributed by atoms with Gasteiger partial charge in [0.05, 0.1) is 7.11 Å². The normalized spacial score (nSPS) is 26.9. The minimum Gasteiger partial charge on any atom is -0.493 e. The first kappa shape index (κ1) is 10.0. The Kier molecular flexibility index (Phi) is 2.31. The first-order valence-electron chi connectivity index (χ1n) is 6.15. The topological polar surface area (TPSA) is 18.5 Å². The van der Waals surface area contributed by atoms with Gasteiger partial charge in [-0.05, 0) is 37.8 Å². The van der Waals surface area contributed by atoms with Crippen LogP contribution in [0.4, 0.5) is 0 Å². The summed E-state index contributed by atoms with van der Waals surface area (Å²) in [5.74, 6) is 2.52. The largest absolute Gasteiger partial charge is 0.493 e. The molecular formula is C14H18O2. The molecule has 0 unspecified atom stereocenters. The van der Waals surface area contributed by atoms with Crippen LogP contribution < -0.4 is 9.47 Å².